The van der Waals surface area contributed by atoms with Crippen molar-refractivity contribution in [2.24, 2.45) is 11.7 Å². The number of rotatable bonds is 4. The molecule has 0 saturated carbocycles. The van der Waals surface area contributed by atoms with Gasteiger partial charge < -0.3 is 11.1 Å². The fourth-order valence-electron chi connectivity index (χ4n) is 2.57. The third-order valence-corrected chi connectivity index (χ3v) is 3.44. The maximum atomic E-state index is 5.65. The van der Waals surface area contributed by atoms with Crippen LogP contribution in [0.25, 0.3) is 0 Å². The summed E-state index contributed by atoms with van der Waals surface area (Å²) in [6.45, 7) is 3.12. The van der Waals surface area contributed by atoms with E-state index < -0.39 is 0 Å². The second kappa shape index (κ2) is 6.02. The maximum absolute atomic E-state index is 5.65. The largest absolute Gasteiger partial charge is 0.330 e. The van der Waals surface area contributed by atoms with Crippen LogP contribution in [0, 0.1) is 5.92 Å². The van der Waals surface area contributed by atoms with Crippen molar-refractivity contribution in [1.29, 1.82) is 0 Å². The summed E-state index contributed by atoms with van der Waals surface area (Å²) in [5, 5.41) is 3.48. The van der Waals surface area contributed by atoms with Crippen LogP contribution in [-0.2, 0) is 12.8 Å². The van der Waals surface area contributed by atoms with Crippen LogP contribution < -0.4 is 11.1 Å². The quantitative estimate of drug-likeness (QED) is 0.807. The van der Waals surface area contributed by atoms with Gasteiger partial charge in [-0.2, -0.15) is 0 Å². The lowest BCUT2D eigenvalue weighted by molar-refractivity contribution is 0.375. The van der Waals surface area contributed by atoms with Crippen LogP contribution in [-0.4, -0.2) is 19.6 Å². The van der Waals surface area contributed by atoms with Gasteiger partial charge in [0, 0.05) is 0 Å². The molecule has 3 N–H and O–H groups in total. The fourth-order valence-corrected chi connectivity index (χ4v) is 2.57. The molecule has 1 atom stereocenters. The Hall–Kier alpha value is -0.860. The number of piperidine rings is 1. The molecule has 2 nitrogen and oxygen atoms in total. The molecule has 1 heterocycles. The van der Waals surface area contributed by atoms with Gasteiger partial charge >= 0.3 is 0 Å². The molecular weight excluding hydrogens is 196 g/mol. The van der Waals surface area contributed by atoms with E-state index in [0.29, 0.717) is 0 Å². The molecule has 0 bridgehead atoms. The molecule has 0 aliphatic carbocycles. The Bertz CT molecular complexity index is 316. The summed E-state index contributed by atoms with van der Waals surface area (Å²) in [6.07, 6.45) is 4.91. The summed E-state index contributed by atoms with van der Waals surface area (Å²) >= 11 is 0. The van der Waals surface area contributed by atoms with Crippen LogP contribution in [0.3, 0.4) is 0 Å². The molecule has 1 unspecified atom stereocenters. The van der Waals surface area contributed by atoms with Crippen LogP contribution in [0.1, 0.15) is 24.0 Å². The van der Waals surface area contributed by atoms with E-state index in [2.05, 4.69) is 29.6 Å². The molecule has 0 spiro atoms. The summed E-state index contributed by atoms with van der Waals surface area (Å²) in [5.74, 6) is 0.813. The Morgan fingerprint density at radius 1 is 1.25 bits per heavy atom. The Kier molecular flexibility index (Phi) is 4.37. The smallest absolute Gasteiger partial charge is 0.00173 e. The highest BCUT2D eigenvalue weighted by Gasteiger charge is 2.14. The second-order valence-corrected chi connectivity index (χ2v) is 4.72. The first kappa shape index (κ1) is 11.6. The lowest BCUT2D eigenvalue weighted by Crippen LogP contribution is -2.31. The Balaban J connectivity index is 2.01. The Labute approximate surface area is 98.2 Å². The van der Waals surface area contributed by atoms with Gasteiger partial charge in [0.1, 0.15) is 0 Å². The minimum atomic E-state index is 0.750. The number of benzene rings is 1. The molecule has 1 aliphatic rings. The Morgan fingerprint density at radius 2 is 2.06 bits per heavy atom. The average molecular weight is 218 g/mol. The fraction of sp³-hybridized carbons (Fsp3) is 0.571. The van der Waals surface area contributed by atoms with Crippen molar-refractivity contribution < 1.29 is 0 Å². The minimum Gasteiger partial charge on any atom is -0.330 e. The lowest BCUT2D eigenvalue weighted by Gasteiger charge is -2.23. The highest BCUT2D eigenvalue weighted by Crippen LogP contribution is 2.19. The predicted molar refractivity (Wildman–Crippen MR) is 68.5 cm³/mol. The first-order chi connectivity index (χ1) is 7.90. The van der Waals surface area contributed by atoms with Crippen molar-refractivity contribution in [3.8, 4) is 0 Å². The molecule has 88 valence electrons. The zero-order valence-electron chi connectivity index (χ0n) is 9.91. The van der Waals surface area contributed by atoms with Gasteiger partial charge in [-0.1, -0.05) is 24.3 Å². The SMILES string of the molecule is NCCc1ccccc1CC1CCCNC1. The van der Waals surface area contributed by atoms with Crippen molar-refractivity contribution in [2.45, 2.75) is 25.7 Å². The minimum absolute atomic E-state index is 0.750. The van der Waals surface area contributed by atoms with Gasteiger partial charge in [-0.25, -0.2) is 0 Å². The molecule has 16 heavy (non-hydrogen) atoms. The van der Waals surface area contributed by atoms with Crippen LogP contribution in [0.4, 0.5) is 0 Å². The van der Waals surface area contributed by atoms with Crippen LogP contribution in [0.2, 0.25) is 0 Å². The summed E-state index contributed by atoms with van der Waals surface area (Å²) in [7, 11) is 0. The molecule has 0 radical (unpaired) electrons. The van der Waals surface area contributed by atoms with Crippen LogP contribution >= 0.6 is 0 Å². The van der Waals surface area contributed by atoms with E-state index in [4.69, 9.17) is 5.73 Å². The summed E-state index contributed by atoms with van der Waals surface area (Å²) in [5.41, 5.74) is 8.59. The van der Waals surface area contributed by atoms with Crippen molar-refractivity contribution in [3.05, 3.63) is 35.4 Å². The zero-order chi connectivity index (χ0) is 11.2. The molecule has 2 rings (SSSR count). The molecular formula is C14H22N2. The number of nitrogens with one attached hydrogen (secondary N) is 1. The normalized spacial score (nSPS) is 20.9. The summed E-state index contributed by atoms with van der Waals surface area (Å²) in [6, 6.07) is 8.75. The van der Waals surface area contributed by atoms with Gasteiger partial charge in [0.05, 0.1) is 0 Å². The molecule has 1 saturated heterocycles. The van der Waals surface area contributed by atoms with Crippen molar-refractivity contribution in [2.75, 3.05) is 19.6 Å². The summed E-state index contributed by atoms with van der Waals surface area (Å²) in [4.78, 5) is 0. The molecule has 1 aromatic carbocycles. The van der Waals surface area contributed by atoms with Gasteiger partial charge in [-0.3, -0.25) is 0 Å². The topological polar surface area (TPSA) is 38.0 Å². The monoisotopic (exact) mass is 218 g/mol. The van der Waals surface area contributed by atoms with Crippen LogP contribution in [0.5, 0.6) is 0 Å². The van der Waals surface area contributed by atoms with E-state index in [1.165, 1.54) is 43.5 Å². The Morgan fingerprint density at radius 3 is 2.75 bits per heavy atom. The first-order valence-electron chi connectivity index (χ1n) is 6.37. The zero-order valence-corrected chi connectivity index (χ0v) is 9.91. The molecule has 2 heteroatoms. The van der Waals surface area contributed by atoms with E-state index in [9.17, 15) is 0 Å². The third kappa shape index (κ3) is 3.06. The van der Waals surface area contributed by atoms with E-state index in [-0.39, 0.29) is 0 Å². The number of nitrogens with two attached hydrogens (primary N) is 1. The highest BCUT2D eigenvalue weighted by molar-refractivity contribution is 5.28. The van der Waals surface area contributed by atoms with E-state index in [1.807, 2.05) is 0 Å². The van der Waals surface area contributed by atoms with Gasteiger partial charge in [0.2, 0.25) is 0 Å². The van der Waals surface area contributed by atoms with Crippen LogP contribution in [0.15, 0.2) is 24.3 Å². The van der Waals surface area contributed by atoms with Crippen molar-refractivity contribution in [3.63, 3.8) is 0 Å². The molecule has 1 fully saturated rings. The maximum Gasteiger partial charge on any atom is -0.00173 e. The predicted octanol–water partition coefficient (Wildman–Crippen LogP) is 1.73. The molecule has 1 aliphatic heterocycles. The van der Waals surface area contributed by atoms with Crippen molar-refractivity contribution in [1.82, 2.24) is 5.32 Å². The van der Waals surface area contributed by atoms with E-state index >= 15 is 0 Å². The van der Waals surface area contributed by atoms with Gasteiger partial charge in [0.25, 0.3) is 0 Å². The lowest BCUT2D eigenvalue weighted by atomic mass is 9.89. The second-order valence-electron chi connectivity index (χ2n) is 4.72. The number of hydrogen-bond acceptors (Lipinski definition) is 2. The third-order valence-electron chi connectivity index (χ3n) is 3.44. The first-order valence-corrected chi connectivity index (χ1v) is 6.37. The molecule has 0 amide bonds. The van der Waals surface area contributed by atoms with Gasteiger partial charge in [-0.05, 0) is 62.4 Å². The standard InChI is InChI=1S/C14H22N2/c15-8-7-13-5-1-2-6-14(13)10-12-4-3-9-16-11-12/h1-2,5-6,12,16H,3-4,7-11,15H2. The van der Waals surface area contributed by atoms with Gasteiger partial charge in [-0.15, -0.1) is 0 Å². The molecule has 0 aromatic heterocycles. The average Bonchev–Trinajstić information content (AvgIpc) is 2.33. The van der Waals surface area contributed by atoms with Crippen molar-refractivity contribution >= 4 is 0 Å². The van der Waals surface area contributed by atoms with Gasteiger partial charge in [0.15, 0.2) is 0 Å². The summed E-state index contributed by atoms with van der Waals surface area (Å²) < 4.78 is 0. The highest BCUT2D eigenvalue weighted by atomic mass is 14.9. The molecule has 1 aromatic rings. The van der Waals surface area contributed by atoms with E-state index in [1.54, 1.807) is 0 Å². The number of hydrogen-bond donors (Lipinski definition) is 2. The van der Waals surface area contributed by atoms with E-state index in [0.717, 1.165) is 18.9 Å².